The average Bonchev–Trinajstić information content (AvgIpc) is 2.62. The van der Waals surface area contributed by atoms with Gasteiger partial charge in [-0.1, -0.05) is 6.58 Å². The lowest BCUT2D eigenvalue weighted by molar-refractivity contribution is -0.131. The fourth-order valence-corrected chi connectivity index (χ4v) is 7.85. The van der Waals surface area contributed by atoms with Gasteiger partial charge in [-0.2, -0.15) is 0 Å². The monoisotopic (exact) mass is 432 g/mol. The Labute approximate surface area is 157 Å². The van der Waals surface area contributed by atoms with Crippen LogP contribution in [0.2, 0.25) is 0 Å². The van der Waals surface area contributed by atoms with E-state index in [4.69, 9.17) is 28.4 Å². The second-order valence-corrected chi connectivity index (χ2v) is 9.08. The third kappa shape index (κ3) is 8.80. The maximum absolute atomic E-state index is 9.25. The van der Waals surface area contributed by atoms with Crippen molar-refractivity contribution in [3.8, 4) is 0 Å². The number of aliphatic carboxylic acids is 1. The van der Waals surface area contributed by atoms with E-state index >= 15 is 0 Å². The highest BCUT2D eigenvalue weighted by Gasteiger charge is 2.28. The van der Waals surface area contributed by atoms with Crippen LogP contribution in [0.25, 0.3) is 0 Å². The number of carboxylic acids is 1. The highest BCUT2D eigenvalue weighted by atomic mass is 31.2. The normalized spacial score (nSPS) is 12.3. The Morgan fingerprint density at radius 2 is 1.65 bits per heavy atom. The fourth-order valence-electron chi connectivity index (χ4n) is 1.35. The summed E-state index contributed by atoms with van der Waals surface area (Å²) >= 11 is 0. The van der Waals surface area contributed by atoms with Crippen LogP contribution in [0.4, 0.5) is 0 Å². The summed E-state index contributed by atoms with van der Waals surface area (Å²) in [4.78, 5) is 20.6. The van der Waals surface area contributed by atoms with Gasteiger partial charge in [0, 0.05) is 6.08 Å². The van der Waals surface area contributed by atoms with Crippen LogP contribution in [0, 0.1) is 0 Å². The first-order chi connectivity index (χ1) is 12.5. The third-order valence-electron chi connectivity index (χ3n) is 2.14. The van der Waals surface area contributed by atoms with Crippen LogP contribution in [-0.2, 0) is 4.79 Å². The zero-order valence-corrected chi connectivity index (χ0v) is 18.6. The summed E-state index contributed by atoms with van der Waals surface area (Å²) in [7, 11) is -3.79. The predicted molar refractivity (Wildman–Crippen MR) is 104 cm³/mol. The molecule has 0 aliphatic carbocycles. The van der Waals surface area contributed by atoms with Gasteiger partial charge in [0.15, 0.2) is 0 Å². The van der Waals surface area contributed by atoms with Crippen molar-refractivity contribution in [1.29, 1.82) is 0 Å². The highest BCUT2D eigenvalue weighted by molar-refractivity contribution is 7.59. The maximum Gasteiger partial charge on any atom is 0.359 e. The van der Waals surface area contributed by atoms with Gasteiger partial charge in [-0.15, -0.1) is 0 Å². The van der Waals surface area contributed by atoms with E-state index in [0.717, 1.165) is 6.08 Å². The van der Waals surface area contributed by atoms with Gasteiger partial charge in [0.2, 0.25) is 0 Å². The first kappa shape index (κ1) is 25.3. The molecule has 26 heavy (non-hydrogen) atoms. The van der Waals surface area contributed by atoms with E-state index in [1.807, 2.05) is 34.6 Å². The summed E-state index contributed by atoms with van der Waals surface area (Å²) in [6.45, 7) is 15.3. The molecule has 1 rings (SSSR count). The van der Waals surface area contributed by atoms with E-state index in [-0.39, 0.29) is 0 Å². The Balaban J connectivity index is 0.00000110. The number of carbonyl (C=O) groups is 1. The lowest BCUT2D eigenvalue weighted by atomic mass is 10.7. The van der Waals surface area contributed by atoms with E-state index in [1.165, 1.54) is 0 Å². The van der Waals surface area contributed by atoms with E-state index in [2.05, 4.69) is 11.1 Å². The van der Waals surface area contributed by atoms with Crippen molar-refractivity contribution in [2.45, 2.75) is 34.6 Å². The lowest BCUT2D eigenvalue weighted by Crippen LogP contribution is -2.22. The van der Waals surface area contributed by atoms with Crippen LogP contribution in [0.1, 0.15) is 34.6 Å². The SMILES string of the molecule is C=CC(=O)O.CCOn1p(OCC)n[p+](OCC)n(OCC)p1OCC. The Morgan fingerprint density at radius 3 is 2.08 bits per heavy atom. The van der Waals surface area contributed by atoms with Gasteiger partial charge in [0.05, 0.1) is 33.0 Å². The molecule has 0 fully saturated rings. The minimum atomic E-state index is -1.28. The van der Waals surface area contributed by atoms with E-state index in [9.17, 15) is 4.79 Å². The number of rotatable bonds is 11. The summed E-state index contributed by atoms with van der Waals surface area (Å²) in [5.74, 6) is -0.981. The van der Waals surface area contributed by atoms with Crippen molar-refractivity contribution in [3.63, 3.8) is 0 Å². The Kier molecular flexibility index (Phi) is 15.0. The van der Waals surface area contributed by atoms with Crippen LogP contribution in [0.15, 0.2) is 12.7 Å². The summed E-state index contributed by atoms with van der Waals surface area (Å²) in [5, 5.41) is 7.60. The molecule has 0 bridgehead atoms. The molecule has 0 amide bonds. The molecule has 13 heteroatoms. The molecule has 1 heterocycles. The van der Waals surface area contributed by atoms with Gasteiger partial charge in [-0.25, -0.2) is 28.0 Å². The molecule has 0 aliphatic heterocycles. The van der Waals surface area contributed by atoms with Crippen LogP contribution < -0.4 is 23.2 Å². The molecule has 152 valence electrons. The van der Waals surface area contributed by atoms with Crippen molar-refractivity contribution in [1.82, 2.24) is 13.0 Å². The quantitative estimate of drug-likeness (QED) is 0.532. The van der Waals surface area contributed by atoms with Crippen LogP contribution in [0.5, 0.6) is 0 Å². The van der Waals surface area contributed by atoms with Crippen LogP contribution in [0.3, 0.4) is 0 Å². The summed E-state index contributed by atoms with van der Waals surface area (Å²) in [5.41, 5.74) is 0. The minimum Gasteiger partial charge on any atom is -0.478 e. The van der Waals surface area contributed by atoms with Crippen molar-refractivity contribution in [2.75, 3.05) is 33.0 Å². The van der Waals surface area contributed by atoms with E-state index in [0.29, 0.717) is 33.0 Å². The Hall–Kier alpha value is -0.690. The first-order valence-electron chi connectivity index (χ1n) is 8.22. The fraction of sp³-hybridized carbons (Fsp3) is 0.769. The Bertz CT molecular complexity index is 544. The molecule has 0 saturated heterocycles. The average molecular weight is 432 g/mol. The molecular weight excluding hydrogens is 403 g/mol. The van der Waals surface area contributed by atoms with Crippen molar-refractivity contribution < 1.29 is 33.1 Å². The second-order valence-electron chi connectivity index (χ2n) is 3.98. The smallest absolute Gasteiger partial charge is 0.359 e. The van der Waals surface area contributed by atoms with Gasteiger partial charge >= 0.3 is 30.2 Å². The van der Waals surface area contributed by atoms with Crippen molar-refractivity contribution in [2.24, 2.45) is 0 Å². The maximum atomic E-state index is 9.25. The zero-order valence-electron chi connectivity index (χ0n) is 15.9. The molecule has 1 aromatic rings. The van der Waals surface area contributed by atoms with Crippen LogP contribution >= 0.6 is 24.2 Å². The number of nitrogens with zero attached hydrogens (tertiary/aromatic N) is 3. The molecule has 0 aliphatic rings. The summed E-state index contributed by atoms with van der Waals surface area (Å²) in [6, 6.07) is 0. The second kappa shape index (κ2) is 15.4. The van der Waals surface area contributed by atoms with E-state index in [1.54, 1.807) is 8.51 Å². The molecule has 0 spiro atoms. The molecule has 0 aromatic carbocycles. The van der Waals surface area contributed by atoms with Crippen LogP contribution in [-0.4, -0.2) is 57.1 Å². The standard InChI is InChI=1S/C10H25N3O5P3.C3H4O2/c1-6-14-12-19(16-8-3)11-20(17-9-4)13(15-7-2)21(12)18-10-5;1-2-3(4)5/h6-10H2,1-5H3;2H,1H2,(H,4,5)/q+1;. The molecule has 2 unspecified atom stereocenters. The predicted octanol–water partition coefficient (Wildman–Crippen LogP) is 2.55. The molecule has 1 N–H and O–H groups in total. The van der Waals surface area contributed by atoms with Crippen molar-refractivity contribution >= 4 is 30.2 Å². The topological polar surface area (TPSA) is 106 Å². The van der Waals surface area contributed by atoms with Gasteiger partial charge in [-0.3, -0.25) is 0 Å². The van der Waals surface area contributed by atoms with E-state index < -0.39 is 30.2 Å². The van der Waals surface area contributed by atoms with Gasteiger partial charge in [-0.05, 0) is 47.6 Å². The minimum absolute atomic E-state index is 0.514. The third-order valence-corrected chi connectivity index (χ3v) is 8.30. The number of aromatic nitrogens is 3. The largest absolute Gasteiger partial charge is 0.478 e. The first-order valence-corrected chi connectivity index (χ1v) is 11.7. The number of hydrogen-bond donors (Lipinski definition) is 1. The molecule has 2 atom stereocenters. The summed E-state index contributed by atoms with van der Waals surface area (Å²) in [6.07, 6.45) is 0.833. The zero-order chi connectivity index (χ0) is 19.9. The molecule has 0 radical (unpaired) electrons. The molecule has 10 nitrogen and oxygen atoms in total. The van der Waals surface area contributed by atoms with Gasteiger partial charge in [0.1, 0.15) is 0 Å². The molecule has 1 aromatic heterocycles. The number of hydrogen-bond acceptors (Lipinski definition) is 7. The van der Waals surface area contributed by atoms with Gasteiger partial charge in [0.25, 0.3) is 0 Å². The lowest BCUT2D eigenvalue weighted by Gasteiger charge is -2.13. The Morgan fingerprint density at radius 1 is 1.08 bits per heavy atom. The highest BCUT2D eigenvalue weighted by Crippen LogP contribution is 2.40. The molecule has 0 saturated carbocycles. The molecular formula is C13H29N3O7P3+. The number of carboxylic acid groups (broad SMARTS) is 1. The summed E-state index contributed by atoms with van der Waals surface area (Å²) < 4.78 is 25.3. The van der Waals surface area contributed by atoms with Gasteiger partial charge < -0.3 is 5.11 Å². The van der Waals surface area contributed by atoms with Crippen molar-refractivity contribution in [3.05, 3.63) is 12.7 Å².